The number of rotatable bonds is 3. The molecule has 5 nitrogen and oxygen atoms in total. The van der Waals surface area contributed by atoms with Crippen molar-refractivity contribution < 1.29 is 14.7 Å². The lowest BCUT2D eigenvalue weighted by Crippen LogP contribution is -2.07. The zero-order valence-electron chi connectivity index (χ0n) is 8.10. The van der Waals surface area contributed by atoms with Crippen LogP contribution in [0.25, 0.3) is 6.08 Å². The van der Waals surface area contributed by atoms with E-state index in [1.807, 2.05) is 0 Å². The first-order chi connectivity index (χ1) is 7.08. The van der Waals surface area contributed by atoms with E-state index in [0.29, 0.717) is 11.5 Å². The standard InChI is InChI=1S/C10H10N2O3/c1-7(13)11-9-4-2-3-8(12-9)5-6-10(14)15/h2-6H,1H3,(H,14,15)(H,11,12,13). The predicted molar refractivity (Wildman–Crippen MR) is 55.2 cm³/mol. The third-order valence-electron chi connectivity index (χ3n) is 1.47. The number of nitrogens with one attached hydrogen (secondary N) is 1. The van der Waals surface area contributed by atoms with Gasteiger partial charge in [-0.1, -0.05) is 6.07 Å². The van der Waals surface area contributed by atoms with Gasteiger partial charge in [0.2, 0.25) is 5.91 Å². The van der Waals surface area contributed by atoms with Gasteiger partial charge in [-0.25, -0.2) is 9.78 Å². The molecule has 15 heavy (non-hydrogen) atoms. The number of anilines is 1. The van der Waals surface area contributed by atoms with Gasteiger partial charge in [-0.15, -0.1) is 0 Å². The van der Waals surface area contributed by atoms with Gasteiger partial charge < -0.3 is 10.4 Å². The Hall–Kier alpha value is -2.17. The minimum atomic E-state index is -1.04. The summed E-state index contributed by atoms with van der Waals surface area (Å²) in [6.45, 7) is 1.38. The molecule has 0 aromatic carbocycles. The number of aliphatic carboxylic acids is 1. The molecule has 0 aliphatic carbocycles. The third-order valence-corrected chi connectivity index (χ3v) is 1.47. The summed E-state index contributed by atoms with van der Waals surface area (Å²) in [4.78, 5) is 25.0. The van der Waals surface area contributed by atoms with Crippen molar-refractivity contribution in [2.75, 3.05) is 5.32 Å². The number of carboxylic acids is 1. The van der Waals surface area contributed by atoms with E-state index in [1.54, 1.807) is 18.2 Å². The molecule has 78 valence electrons. The second kappa shape index (κ2) is 4.90. The second-order valence-corrected chi connectivity index (χ2v) is 2.80. The monoisotopic (exact) mass is 206 g/mol. The molecule has 0 saturated heterocycles. The fourth-order valence-electron chi connectivity index (χ4n) is 0.951. The average Bonchev–Trinajstić information content (AvgIpc) is 2.14. The number of nitrogens with zero attached hydrogens (tertiary/aromatic N) is 1. The van der Waals surface area contributed by atoms with E-state index in [9.17, 15) is 9.59 Å². The summed E-state index contributed by atoms with van der Waals surface area (Å²) in [6.07, 6.45) is 2.34. The van der Waals surface area contributed by atoms with Crippen LogP contribution in [0.2, 0.25) is 0 Å². The number of carboxylic acid groups (broad SMARTS) is 1. The summed E-state index contributed by atoms with van der Waals surface area (Å²) < 4.78 is 0. The van der Waals surface area contributed by atoms with Crippen LogP contribution >= 0.6 is 0 Å². The largest absolute Gasteiger partial charge is 0.478 e. The van der Waals surface area contributed by atoms with Crippen molar-refractivity contribution in [1.82, 2.24) is 4.98 Å². The van der Waals surface area contributed by atoms with Crippen molar-refractivity contribution in [2.45, 2.75) is 6.92 Å². The van der Waals surface area contributed by atoms with Gasteiger partial charge in [0.25, 0.3) is 0 Å². The lowest BCUT2D eigenvalue weighted by atomic mass is 10.3. The van der Waals surface area contributed by atoms with Crippen LogP contribution in [0, 0.1) is 0 Å². The SMILES string of the molecule is CC(=O)Nc1cccc(C=CC(=O)O)n1. The second-order valence-electron chi connectivity index (χ2n) is 2.80. The van der Waals surface area contributed by atoms with Crippen LogP contribution in [0.3, 0.4) is 0 Å². The van der Waals surface area contributed by atoms with Gasteiger partial charge in [0.15, 0.2) is 0 Å². The van der Waals surface area contributed by atoms with Crippen LogP contribution in [0.4, 0.5) is 5.82 Å². The van der Waals surface area contributed by atoms with E-state index in [1.165, 1.54) is 13.0 Å². The first-order valence-electron chi connectivity index (χ1n) is 4.23. The lowest BCUT2D eigenvalue weighted by Gasteiger charge is -2.00. The smallest absolute Gasteiger partial charge is 0.328 e. The van der Waals surface area contributed by atoms with E-state index >= 15 is 0 Å². The van der Waals surface area contributed by atoms with E-state index in [2.05, 4.69) is 10.3 Å². The van der Waals surface area contributed by atoms with E-state index in [4.69, 9.17) is 5.11 Å². The minimum absolute atomic E-state index is 0.220. The van der Waals surface area contributed by atoms with Crippen molar-refractivity contribution >= 4 is 23.8 Å². The molecule has 0 bridgehead atoms. The molecule has 2 N–H and O–H groups in total. The molecular weight excluding hydrogens is 196 g/mol. The topological polar surface area (TPSA) is 79.3 Å². The number of amides is 1. The molecule has 1 rings (SSSR count). The molecule has 0 aliphatic rings. The van der Waals surface area contributed by atoms with Gasteiger partial charge in [0.1, 0.15) is 5.82 Å². The first-order valence-corrected chi connectivity index (χ1v) is 4.23. The molecular formula is C10H10N2O3. The Morgan fingerprint density at radius 3 is 2.80 bits per heavy atom. The number of hydrogen-bond acceptors (Lipinski definition) is 3. The predicted octanol–water partition coefficient (Wildman–Crippen LogP) is 1.14. The van der Waals surface area contributed by atoms with Crippen LogP contribution < -0.4 is 5.32 Å². The Morgan fingerprint density at radius 2 is 2.20 bits per heavy atom. The fraction of sp³-hybridized carbons (Fsp3) is 0.100. The summed E-state index contributed by atoms with van der Waals surface area (Å²) in [7, 11) is 0. The van der Waals surface area contributed by atoms with Gasteiger partial charge in [-0.05, 0) is 18.2 Å². The third kappa shape index (κ3) is 4.04. The first kappa shape index (κ1) is 10.9. The Labute approximate surface area is 86.5 Å². The van der Waals surface area contributed by atoms with Gasteiger partial charge in [-0.3, -0.25) is 4.79 Å². The summed E-state index contributed by atoms with van der Waals surface area (Å²) in [5.41, 5.74) is 0.476. The molecule has 1 aromatic rings. The Kier molecular flexibility index (Phi) is 3.56. The van der Waals surface area contributed by atoms with Crippen LogP contribution in [0.15, 0.2) is 24.3 Å². The maximum Gasteiger partial charge on any atom is 0.328 e. The number of hydrogen-bond donors (Lipinski definition) is 2. The zero-order chi connectivity index (χ0) is 11.3. The minimum Gasteiger partial charge on any atom is -0.478 e. The fourth-order valence-corrected chi connectivity index (χ4v) is 0.951. The van der Waals surface area contributed by atoms with Crippen molar-refractivity contribution in [1.29, 1.82) is 0 Å². The zero-order valence-corrected chi connectivity index (χ0v) is 8.10. The van der Waals surface area contributed by atoms with Crippen LogP contribution in [-0.2, 0) is 9.59 Å². The summed E-state index contributed by atoms with van der Waals surface area (Å²) in [6, 6.07) is 4.95. The highest BCUT2D eigenvalue weighted by Crippen LogP contribution is 2.05. The van der Waals surface area contributed by atoms with Crippen LogP contribution in [0.5, 0.6) is 0 Å². The number of carbonyl (C=O) groups is 2. The Morgan fingerprint density at radius 1 is 1.47 bits per heavy atom. The molecule has 0 radical (unpaired) electrons. The molecule has 0 aliphatic heterocycles. The maximum absolute atomic E-state index is 10.7. The molecule has 0 saturated carbocycles. The van der Waals surface area contributed by atoms with Crippen LogP contribution in [0.1, 0.15) is 12.6 Å². The summed E-state index contributed by atoms with van der Waals surface area (Å²) >= 11 is 0. The Bertz CT molecular complexity index is 413. The molecule has 1 amide bonds. The van der Waals surface area contributed by atoms with E-state index in [0.717, 1.165) is 6.08 Å². The number of aromatic nitrogens is 1. The molecule has 1 heterocycles. The quantitative estimate of drug-likeness (QED) is 0.727. The van der Waals surface area contributed by atoms with Crippen molar-refractivity contribution in [3.8, 4) is 0 Å². The van der Waals surface area contributed by atoms with Gasteiger partial charge in [0, 0.05) is 13.0 Å². The maximum atomic E-state index is 10.7. The lowest BCUT2D eigenvalue weighted by molar-refractivity contribution is -0.131. The van der Waals surface area contributed by atoms with Crippen LogP contribution in [-0.4, -0.2) is 22.0 Å². The molecule has 0 unspecified atom stereocenters. The van der Waals surface area contributed by atoms with Gasteiger partial charge in [-0.2, -0.15) is 0 Å². The van der Waals surface area contributed by atoms with Crippen molar-refractivity contribution in [3.05, 3.63) is 30.0 Å². The molecule has 5 heteroatoms. The number of pyridine rings is 1. The molecule has 0 fully saturated rings. The molecule has 1 aromatic heterocycles. The number of carbonyl (C=O) groups excluding carboxylic acids is 1. The highest BCUT2D eigenvalue weighted by molar-refractivity contribution is 5.88. The summed E-state index contributed by atoms with van der Waals surface area (Å²) in [5, 5.41) is 10.9. The molecule has 0 spiro atoms. The average molecular weight is 206 g/mol. The normalized spacial score (nSPS) is 10.2. The summed E-state index contributed by atoms with van der Waals surface area (Å²) in [5.74, 6) is -0.862. The Balaban J connectivity index is 2.82. The highest BCUT2D eigenvalue weighted by Gasteiger charge is 1.97. The van der Waals surface area contributed by atoms with Gasteiger partial charge in [0.05, 0.1) is 5.69 Å². The molecule has 0 atom stereocenters. The highest BCUT2D eigenvalue weighted by atomic mass is 16.4. The van der Waals surface area contributed by atoms with E-state index < -0.39 is 5.97 Å². The van der Waals surface area contributed by atoms with Gasteiger partial charge >= 0.3 is 5.97 Å². The van der Waals surface area contributed by atoms with Crippen molar-refractivity contribution in [2.24, 2.45) is 0 Å². The van der Waals surface area contributed by atoms with E-state index in [-0.39, 0.29) is 5.91 Å². The van der Waals surface area contributed by atoms with Crippen molar-refractivity contribution in [3.63, 3.8) is 0 Å².